The Hall–Kier alpha value is -0.750. The van der Waals surface area contributed by atoms with E-state index in [0.29, 0.717) is 17.6 Å². The van der Waals surface area contributed by atoms with Gasteiger partial charge in [-0.15, -0.1) is 0 Å². The third-order valence-electron chi connectivity index (χ3n) is 2.15. The molecule has 17 heavy (non-hydrogen) atoms. The fourth-order valence-electron chi connectivity index (χ4n) is 1.37. The molecule has 0 aliphatic heterocycles. The molecule has 0 radical (unpaired) electrons. The van der Waals surface area contributed by atoms with Gasteiger partial charge in [-0.05, 0) is 24.7 Å². The van der Waals surface area contributed by atoms with E-state index in [2.05, 4.69) is 26.6 Å². The third kappa shape index (κ3) is 4.55. The largest absolute Gasteiger partial charge is 0.418 e. The highest BCUT2D eigenvalue weighted by Gasteiger charge is 2.33. The predicted molar refractivity (Wildman–Crippen MR) is 66.2 cm³/mol. The van der Waals surface area contributed by atoms with Gasteiger partial charge in [0.1, 0.15) is 0 Å². The molecule has 0 amide bonds. The van der Waals surface area contributed by atoms with E-state index in [0.717, 1.165) is 12.6 Å². The van der Waals surface area contributed by atoms with Crippen molar-refractivity contribution in [2.75, 3.05) is 25.0 Å². The first-order valence-corrected chi connectivity index (χ1v) is 6.05. The molecule has 0 aromatic heterocycles. The minimum Gasteiger partial charge on any atom is -0.383 e. The number of likely N-dealkylation sites (N-methyl/N-ethyl adjacent to an activating group) is 1. The monoisotopic (exact) mass is 310 g/mol. The van der Waals surface area contributed by atoms with Crippen molar-refractivity contribution in [1.82, 2.24) is 5.32 Å². The molecular formula is C11H14BrF3N2. The van der Waals surface area contributed by atoms with Crippen LogP contribution < -0.4 is 10.6 Å². The average molecular weight is 311 g/mol. The van der Waals surface area contributed by atoms with Crippen LogP contribution >= 0.6 is 15.9 Å². The standard InChI is InChI=1S/C11H14BrF3N2/c1-2-16-5-6-17-10-4-3-8(12)7-9(10)11(13,14)15/h3-4,7,16-17H,2,5-6H2,1H3. The number of alkyl halides is 3. The van der Waals surface area contributed by atoms with Crippen molar-refractivity contribution in [3.63, 3.8) is 0 Å². The van der Waals surface area contributed by atoms with Crippen molar-refractivity contribution in [3.8, 4) is 0 Å². The molecule has 0 bridgehead atoms. The fraction of sp³-hybridized carbons (Fsp3) is 0.455. The molecule has 96 valence electrons. The second kappa shape index (κ2) is 6.26. The summed E-state index contributed by atoms with van der Waals surface area (Å²) in [6, 6.07) is 4.10. The Labute approximate surface area is 107 Å². The molecule has 2 nitrogen and oxygen atoms in total. The smallest absolute Gasteiger partial charge is 0.383 e. The molecule has 0 saturated heterocycles. The maximum atomic E-state index is 12.7. The van der Waals surface area contributed by atoms with Gasteiger partial charge in [0.15, 0.2) is 0 Å². The molecule has 0 unspecified atom stereocenters. The van der Waals surface area contributed by atoms with E-state index in [1.165, 1.54) is 6.07 Å². The lowest BCUT2D eigenvalue weighted by Crippen LogP contribution is -2.22. The summed E-state index contributed by atoms with van der Waals surface area (Å²) in [5, 5.41) is 5.81. The van der Waals surface area contributed by atoms with Crippen molar-refractivity contribution in [1.29, 1.82) is 0 Å². The molecular weight excluding hydrogens is 297 g/mol. The molecule has 0 fully saturated rings. The highest BCUT2D eigenvalue weighted by Crippen LogP contribution is 2.36. The Morgan fingerprint density at radius 1 is 1.24 bits per heavy atom. The normalized spacial score (nSPS) is 11.6. The second-order valence-electron chi connectivity index (χ2n) is 3.47. The lowest BCUT2D eigenvalue weighted by Gasteiger charge is -2.15. The van der Waals surface area contributed by atoms with Gasteiger partial charge in [-0.3, -0.25) is 0 Å². The first-order valence-electron chi connectivity index (χ1n) is 5.26. The second-order valence-corrected chi connectivity index (χ2v) is 4.38. The highest BCUT2D eigenvalue weighted by atomic mass is 79.9. The predicted octanol–water partition coefficient (Wildman–Crippen LogP) is 3.49. The Morgan fingerprint density at radius 2 is 1.94 bits per heavy atom. The van der Waals surface area contributed by atoms with E-state index in [9.17, 15) is 13.2 Å². The molecule has 0 spiro atoms. The van der Waals surface area contributed by atoms with Gasteiger partial charge in [-0.1, -0.05) is 22.9 Å². The summed E-state index contributed by atoms with van der Waals surface area (Å²) >= 11 is 3.04. The zero-order chi connectivity index (χ0) is 12.9. The van der Waals surface area contributed by atoms with Gasteiger partial charge in [-0.25, -0.2) is 0 Å². The first kappa shape index (κ1) is 14.3. The topological polar surface area (TPSA) is 24.1 Å². The maximum absolute atomic E-state index is 12.7. The summed E-state index contributed by atoms with van der Waals surface area (Å²) in [4.78, 5) is 0. The molecule has 0 aliphatic rings. The number of hydrogen-bond acceptors (Lipinski definition) is 2. The van der Waals surface area contributed by atoms with Crippen molar-refractivity contribution in [2.24, 2.45) is 0 Å². The molecule has 1 aromatic rings. The van der Waals surface area contributed by atoms with Crippen LogP contribution in [0.15, 0.2) is 22.7 Å². The minimum atomic E-state index is -4.34. The number of benzene rings is 1. The van der Waals surface area contributed by atoms with Crippen molar-refractivity contribution >= 4 is 21.6 Å². The van der Waals surface area contributed by atoms with Gasteiger partial charge < -0.3 is 10.6 Å². The van der Waals surface area contributed by atoms with Gasteiger partial charge in [0.2, 0.25) is 0 Å². The van der Waals surface area contributed by atoms with Gasteiger partial charge in [-0.2, -0.15) is 13.2 Å². The molecule has 1 rings (SSSR count). The summed E-state index contributed by atoms with van der Waals surface area (Å²) in [5.74, 6) is 0. The van der Waals surface area contributed by atoms with Crippen LogP contribution in [0, 0.1) is 0 Å². The molecule has 0 aliphatic carbocycles. The average Bonchev–Trinajstić information content (AvgIpc) is 2.25. The zero-order valence-corrected chi connectivity index (χ0v) is 11.0. The summed E-state index contributed by atoms with van der Waals surface area (Å²) in [6.45, 7) is 3.83. The SMILES string of the molecule is CCNCCNc1ccc(Br)cc1C(F)(F)F. The van der Waals surface area contributed by atoms with E-state index in [-0.39, 0.29) is 5.69 Å². The molecule has 0 saturated carbocycles. The molecule has 6 heteroatoms. The fourth-order valence-corrected chi connectivity index (χ4v) is 1.73. The van der Waals surface area contributed by atoms with Gasteiger partial charge in [0.25, 0.3) is 0 Å². The van der Waals surface area contributed by atoms with Gasteiger partial charge >= 0.3 is 6.18 Å². The zero-order valence-electron chi connectivity index (χ0n) is 9.37. The first-order chi connectivity index (χ1) is 7.95. The third-order valence-corrected chi connectivity index (χ3v) is 2.65. The number of nitrogens with one attached hydrogen (secondary N) is 2. The lowest BCUT2D eigenvalue weighted by molar-refractivity contribution is -0.137. The number of anilines is 1. The van der Waals surface area contributed by atoms with Crippen LogP contribution in [0.25, 0.3) is 0 Å². The van der Waals surface area contributed by atoms with Gasteiger partial charge in [0.05, 0.1) is 5.56 Å². The van der Waals surface area contributed by atoms with Crippen LogP contribution in [0.4, 0.5) is 18.9 Å². The summed E-state index contributed by atoms with van der Waals surface area (Å²) in [7, 11) is 0. The summed E-state index contributed by atoms with van der Waals surface area (Å²) in [5.41, 5.74) is -0.540. The van der Waals surface area contributed by atoms with Crippen LogP contribution in [0.3, 0.4) is 0 Å². The quantitative estimate of drug-likeness (QED) is 0.814. The van der Waals surface area contributed by atoms with Crippen LogP contribution in [-0.4, -0.2) is 19.6 Å². The summed E-state index contributed by atoms with van der Waals surface area (Å²) in [6.07, 6.45) is -4.34. The number of rotatable bonds is 5. The Balaban J connectivity index is 2.77. The number of hydrogen-bond donors (Lipinski definition) is 2. The van der Waals surface area contributed by atoms with Crippen LogP contribution in [0.1, 0.15) is 12.5 Å². The van der Waals surface area contributed by atoms with Crippen LogP contribution in [-0.2, 0) is 6.18 Å². The molecule has 0 atom stereocenters. The van der Waals surface area contributed by atoms with E-state index in [4.69, 9.17) is 0 Å². The van der Waals surface area contributed by atoms with Crippen LogP contribution in [0.2, 0.25) is 0 Å². The van der Waals surface area contributed by atoms with E-state index >= 15 is 0 Å². The minimum absolute atomic E-state index is 0.110. The molecule has 0 heterocycles. The van der Waals surface area contributed by atoms with E-state index < -0.39 is 11.7 Å². The Bertz CT molecular complexity index is 366. The number of halogens is 4. The van der Waals surface area contributed by atoms with Crippen molar-refractivity contribution in [2.45, 2.75) is 13.1 Å². The summed E-state index contributed by atoms with van der Waals surface area (Å²) < 4.78 is 38.6. The van der Waals surface area contributed by atoms with Crippen LogP contribution in [0.5, 0.6) is 0 Å². The molecule has 2 N–H and O–H groups in total. The molecule has 1 aromatic carbocycles. The van der Waals surface area contributed by atoms with E-state index in [1.807, 2.05) is 6.92 Å². The van der Waals surface area contributed by atoms with Gasteiger partial charge in [0, 0.05) is 23.2 Å². The Kier molecular flexibility index (Phi) is 5.27. The lowest BCUT2D eigenvalue weighted by atomic mass is 10.1. The highest BCUT2D eigenvalue weighted by molar-refractivity contribution is 9.10. The van der Waals surface area contributed by atoms with Crippen molar-refractivity contribution in [3.05, 3.63) is 28.2 Å². The maximum Gasteiger partial charge on any atom is 0.418 e. The van der Waals surface area contributed by atoms with Crippen molar-refractivity contribution < 1.29 is 13.2 Å². The Morgan fingerprint density at radius 3 is 2.53 bits per heavy atom. The van der Waals surface area contributed by atoms with E-state index in [1.54, 1.807) is 6.07 Å².